The van der Waals surface area contributed by atoms with Crippen molar-refractivity contribution >= 4 is 5.78 Å². The van der Waals surface area contributed by atoms with Gasteiger partial charge in [0.1, 0.15) is 5.69 Å². The molecular formula is C14H17FN2O. The highest BCUT2D eigenvalue weighted by Crippen LogP contribution is 2.31. The molecule has 18 heavy (non-hydrogen) atoms. The topological polar surface area (TPSA) is 42.0 Å². The fourth-order valence-corrected chi connectivity index (χ4v) is 3.23. The van der Waals surface area contributed by atoms with Crippen molar-refractivity contribution in [1.82, 2.24) is 10.3 Å². The normalized spacial score (nSPS) is 31.1. The molecule has 2 aliphatic heterocycles. The van der Waals surface area contributed by atoms with E-state index in [-0.39, 0.29) is 17.4 Å². The average Bonchev–Trinajstić information content (AvgIpc) is 2.37. The minimum Gasteiger partial charge on any atom is -0.311 e. The summed E-state index contributed by atoms with van der Waals surface area (Å²) in [6, 6.07) is 5.36. The molecule has 3 nitrogen and oxygen atoms in total. The highest BCUT2D eigenvalue weighted by Gasteiger charge is 2.35. The van der Waals surface area contributed by atoms with Crippen LogP contribution in [0.5, 0.6) is 0 Å². The van der Waals surface area contributed by atoms with Gasteiger partial charge < -0.3 is 5.32 Å². The van der Waals surface area contributed by atoms with E-state index in [1.165, 1.54) is 12.5 Å². The fraction of sp³-hybridized carbons (Fsp3) is 0.571. The van der Waals surface area contributed by atoms with Crippen LogP contribution in [-0.2, 0) is 0 Å². The molecule has 0 amide bonds. The minimum atomic E-state index is -0.574. The van der Waals surface area contributed by atoms with Gasteiger partial charge in [-0.05, 0) is 37.8 Å². The summed E-state index contributed by atoms with van der Waals surface area (Å²) in [6.07, 6.45) is 5.29. The van der Waals surface area contributed by atoms with E-state index in [4.69, 9.17) is 0 Å². The van der Waals surface area contributed by atoms with Gasteiger partial charge in [-0.1, -0.05) is 12.5 Å². The lowest BCUT2D eigenvalue weighted by atomic mass is 9.78. The van der Waals surface area contributed by atoms with Gasteiger partial charge in [-0.15, -0.1) is 0 Å². The third-order valence-corrected chi connectivity index (χ3v) is 4.05. The Morgan fingerprint density at radius 3 is 2.67 bits per heavy atom. The van der Waals surface area contributed by atoms with Gasteiger partial charge in [0.15, 0.2) is 5.78 Å². The van der Waals surface area contributed by atoms with Crippen LogP contribution in [0, 0.1) is 11.9 Å². The first kappa shape index (κ1) is 11.8. The summed E-state index contributed by atoms with van der Waals surface area (Å²) in [5.74, 6) is -0.557. The maximum absolute atomic E-state index is 13.0. The quantitative estimate of drug-likeness (QED) is 0.645. The Balaban J connectivity index is 1.76. The van der Waals surface area contributed by atoms with Gasteiger partial charge in [0.25, 0.3) is 0 Å². The maximum atomic E-state index is 13.0. The first-order valence-electron chi connectivity index (χ1n) is 6.65. The lowest BCUT2D eigenvalue weighted by Gasteiger charge is -2.39. The Bertz CT molecular complexity index is 451. The predicted molar refractivity (Wildman–Crippen MR) is 65.8 cm³/mol. The molecule has 2 bridgehead atoms. The first-order valence-corrected chi connectivity index (χ1v) is 6.65. The number of piperidine rings is 2. The molecule has 1 N–H and O–H groups in total. The second kappa shape index (κ2) is 4.76. The number of ketones is 1. The zero-order valence-corrected chi connectivity index (χ0v) is 10.2. The predicted octanol–water partition coefficient (Wildman–Crippen LogP) is 2.32. The Hall–Kier alpha value is -1.29. The van der Waals surface area contributed by atoms with E-state index >= 15 is 0 Å². The molecule has 2 atom stereocenters. The molecular weight excluding hydrogens is 231 g/mol. The monoisotopic (exact) mass is 248 g/mol. The number of nitrogens with zero attached hydrogens (tertiary/aromatic N) is 1. The Kier molecular flexibility index (Phi) is 3.12. The van der Waals surface area contributed by atoms with Crippen LogP contribution < -0.4 is 5.32 Å². The zero-order valence-electron chi connectivity index (χ0n) is 10.2. The first-order chi connectivity index (χ1) is 8.72. The molecule has 96 valence electrons. The summed E-state index contributed by atoms with van der Waals surface area (Å²) in [5, 5.41) is 3.55. The average molecular weight is 248 g/mol. The van der Waals surface area contributed by atoms with Crippen LogP contribution in [0.3, 0.4) is 0 Å². The van der Waals surface area contributed by atoms with Gasteiger partial charge in [0, 0.05) is 18.0 Å². The number of aromatic nitrogens is 1. The molecule has 0 aliphatic carbocycles. The molecule has 2 saturated heterocycles. The number of Topliss-reactive ketones (excluding diaryl/α,β-unsaturated/α-hetero) is 1. The molecule has 0 spiro atoms. The lowest BCUT2D eigenvalue weighted by molar-refractivity contribution is 0.0818. The summed E-state index contributed by atoms with van der Waals surface area (Å²) in [5.41, 5.74) is 0.278. The Labute approximate surface area is 106 Å². The van der Waals surface area contributed by atoms with E-state index in [0.29, 0.717) is 12.1 Å². The smallest absolute Gasteiger partial charge is 0.213 e. The summed E-state index contributed by atoms with van der Waals surface area (Å²) >= 11 is 0. The number of fused-ring (bicyclic) bond motifs is 2. The van der Waals surface area contributed by atoms with Crippen molar-refractivity contribution in [1.29, 1.82) is 0 Å². The maximum Gasteiger partial charge on any atom is 0.213 e. The molecule has 1 aromatic heterocycles. The summed E-state index contributed by atoms with van der Waals surface area (Å²) < 4.78 is 13.0. The second-order valence-electron chi connectivity index (χ2n) is 5.37. The SMILES string of the molecule is O=C(c1cccc(F)n1)C1CC2CCCC(C1)N2. The number of halogens is 1. The van der Waals surface area contributed by atoms with Crippen molar-refractivity contribution in [3.8, 4) is 0 Å². The van der Waals surface area contributed by atoms with E-state index in [1.807, 2.05) is 0 Å². The van der Waals surface area contributed by atoms with Crippen molar-refractivity contribution in [2.24, 2.45) is 5.92 Å². The van der Waals surface area contributed by atoms with E-state index in [1.54, 1.807) is 12.1 Å². The number of carbonyl (C=O) groups is 1. The van der Waals surface area contributed by atoms with Gasteiger partial charge in [-0.25, -0.2) is 4.98 Å². The highest BCUT2D eigenvalue weighted by atomic mass is 19.1. The van der Waals surface area contributed by atoms with Crippen molar-refractivity contribution in [2.45, 2.75) is 44.2 Å². The van der Waals surface area contributed by atoms with E-state index < -0.39 is 5.95 Å². The molecule has 3 heterocycles. The number of rotatable bonds is 2. The van der Waals surface area contributed by atoms with Crippen LogP contribution >= 0.6 is 0 Å². The molecule has 2 aliphatic rings. The standard InChI is InChI=1S/C14H17FN2O/c15-13-6-2-5-12(17-13)14(18)9-7-10-3-1-4-11(8-9)16-10/h2,5-6,9-11,16H,1,3-4,7-8H2. The van der Waals surface area contributed by atoms with Crippen LogP contribution in [0.4, 0.5) is 4.39 Å². The second-order valence-corrected chi connectivity index (χ2v) is 5.37. The number of pyridine rings is 1. The van der Waals surface area contributed by atoms with Gasteiger partial charge in [0.05, 0.1) is 0 Å². The largest absolute Gasteiger partial charge is 0.311 e. The van der Waals surface area contributed by atoms with Crippen molar-refractivity contribution in [3.05, 3.63) is 29.8 Å². The highest BCUT2D eigenvalue weighted by molar-refractivity contribution is 5.96. The molecule has 0 radical (unpaired) electrons. The third-order valence-electron chi connectivity index (χ3n) is 4.05. The Morgan fingerprint density at radius 2 is 2.00 bits per heavy atom. The molecule has 0 aromatic carbocycles. The number of hydrogen-bond donors (Lipinski definition) is 1. The zero-order chi connectivity index (χ0) is 12.5. The third kappa shape index (κ3) is 2.29. The van der Waals surface area contributed by atoms with Crippen LogP contribution in [0.15, 0.2) is 18.2 Å². The van der Waals surface area contributed by atoms with Gasteiger partial charge >= 0.3 is 0 Å². The number of carbonyl (C=O) groups excluding carboxylic acids is 1. The summed E-state index contributed by atoms with van der Waals surface area (Å²) in [7, 11) is 0. The van der Waals surface area contributed by atoms with E-state index in [9.17, 15) is 9.18 Å². The minimum absolute atomic E-state index is 0.00731. The molecule has 4 heteroatoms. The summed E-state index contributed by atoms with van der Waals surface area (Å²) in [4.78, 5) is 16.0. The van der Waals surface area contributed by atoms with Crippen molar-refractivity contribution in [2.75, 3.05) is 0 Å². The lowest BCUT2D eigenvalue weighted by Crippen LogP contribution is -2.50. The van der Waals surface area contributed by atoms with Gasteiger partial charge in [0.2, 0.25) is 5.95 Å². The molecule has 0 saturated carbocycles. The molecule has 2 fully saturated rings. The van der Waals surface area contributed by atoms with E-state index in [0.717, 1.165) is 25.7 Å². The van der Waals surface area contributed by atoms with Crippen LogP contribution in [0.1, 0.15) is 42.6 Å². The number of hydrogen-bond acceptors (Lipinski definition) is 3. The van der Waals surface area contributed by atoms with Crippen LogP contribution in [0.2, 0.25) is 0 Å². The van der Waals surface area contributed by atoms with Crippen LogP contribution in [-0.4, -0.2) is 22.9 Å². The molecule has 1 aromatic rings. The Morgan fingerprint density at radius 1 is 1.28 bits per heavy atom. The van der Waals surface area contributed by atoms with Gasteiger partial charge in [-0.3, -0.25) is 4.79 Å². The fourth-order valence-electron chi connectivity index (χ4n) is 3.23. The molecule has 3 rings (SSSR count). The van der Waals surface area contributed by atoms with Gasteiger partial charge in [-0.2, -0.15) is 4.39 Å². The number of nitrogens with one attached hydrogen (secondary N) is 1. The van der Waals surface area contributed by atoms with Crippen molar-refractivity contribution < 1.29 is 9.18 Å². The molecule has 2 unspecified atom stereocenters. The van der Waals surface area contributed by atoms with Crippen LogP contribution in [0.25, 0.3) is 0 Å². The van der Waals surface area contributed by atoms with E-state index in [2.05, 4.69) is 10.3 Å². The van der Waals surface area contributed by atoms with Crippen molar-refractivity contribution in [3.63, 3.8) is 0 Å². The summed E-state index contributed by atoms with van der Waals surface area (Å²) in [6.45, 7) is 0.